The van der Waals surface area contributed by atoms with E-state index in [2.05, 4.69) is 0 Å². The van der Waals surface area contributed by atoms with Crippen molar-refractivity contribution in [2.24, 2.45) is 5.92 Å². The summed E-state index contributed by atoms with van der Waals surface area (Å²) in [6.07, 6.45) is 0. The molecule has 158 valence electrons. The van der Waals surface area contributed by atoms with Gasteiger partial charge < -0.3 is 19.5 Å². The summed E-state index contributed by atoms with van der Waals surface area (Å²) >= 11 is 6.03. The number of rotatable bonds is 6. The molecule has 0 spiro atoms. The third-order valence-electron chi connectivity index (χ3n) is 5.31. The fraction of sp³-hybridized carbons (Fsp3) is 0.304. The van der Waals surface area contributed by atoms with Gasteiger partial charge >= 0.3 is 5.97 Å². The minimum Gasteiger partial charge on any atom is -0.493 e. The van der Waals surface area contributed by atoms with E-state index in [1.54, 1.807) is 50.2 Å². The van der Waals surface area contributed by atoms with Gasteiger partial charge in [0.1, 0.15) is 0 Å². The smallest absolute Gasteiger partial charge is 0.341 e. The van der Waals surface area contributed by atoms with Crippen molar-refractivity contribution < 1.29 is 24.2 Å². The summed E-state index contributed by atoms with van der Waals surface area (Å²) < 4.78 is 11.0. The van der Waals surface area contributed by atoms with Crippen LogP contribution in [0.2, 0.25) is 5.02 Å². The summed E-state index contributed by atoms with van der Waals surface area (Å²) in [6, 6.07) is 13.9. The largest absolute Gasteiger partial charge is 0.493 e. The summed E-state index contributed by atoms with van der Waals surface area (Å²) in [4.78, 5) is 27.8. The van der Waals surface area contributed by atoms with E-state index in [9.17, 15) is 14.7 Å². The predicted molar refractivity (Wildman–Crippen MR) is 113 cm³/mol. The van der Waals surface area contributed by atoms with Crippen LogP contribution in [0.1, 0.15) is 25.3 Å². The standard InChI is InChI=1S/C23H24ClNO5/c1-14-20(16-8-10-17(24)11-9-16)21(15(2)25(12-13-26)22(14)27)23(28)30-19-7-5-4-6-18(19)29-3/h4-11,14,20,26H,12-13H2,1-3H3. The lowest BCUT2D eigenvalue weighted by atomic mass is 9.77. The van der Waals surface area contributed by atoms with Crippen LogP contribution in [-0.4, -0.2) is 42.1 Å². The van der Waals surface area contributed by atoms with Gasteiger partial charge in [-0.3, -0.25) is 4.79 Å². The van der Waals surface area contributed by atoms with Crippen molar-refractivity contribution in [2.45, 2.75) is 19.8 Å². The number of aliphatic hydroxyl groups is 1. The Morgan fingerprint density at radius 3 is 2.37 bits per heavy atom. The number of esters is 1. The molecule has 2 aromatic rings. The van der Waals surface area contributed by atoms with Gasteiger partial charge in [0, 0.05) is 29.1 Å². The Balaban J connectivity index is 2.09. The number of hydrogen-bond acceptors (Lipinski definition) is 5. The Labute approximate surface area is 180 Å². The molecule has 0 bridgehead atoms. The van der Waals surface area contributed by atoms with Crippen molar-refractivity contribution >= 4 is 23.5 Å². The maximum Gasteiger partial charge on any atom is 0.341 e. The highest BCUT2D eigenvalue weighted by Crippen LogP contribution is 2.41. The molecule has 30 heavy (non-hydrogen) atoms. The molecule has 7 heteroatoms. The fourth-order valence-electron chi connectivity index (χ4n) is 3.81. The normalized spacial score (nSPS) is 19.1. The number of carbonyl (C=O) groups is 2. The molecule has 0 aromatic heterocycles. The molecule has 1 aliphatic heterocycles. The number of β-amino-alcohol motifs (C(OH)–C–C–N with tert-alkyl or cyclic N) is 1. The molecule has 2 atom stereocenters. The molecule has 0 radical (unpaired) electrons. The van der Waals surface area contributed by atoms with E-state index in [0.717, 1.165) is 5.56 Å². The molecule has 0 saturated carbocycles. The number of benzene rings is 2. The van der Waals surface area contributed by atoms with Crippen LogP contribution in [-0.2, 0) is 9.59 Å². The Hall–Kier alpha value is -2.83. The molecule has 1 amide bonds. The van der Waals surface area contributed by atoms with Crippen molar-refractivity contribution in [2.75, 3.05) is 20.3 Å². The van der Waals surface area contributed by atoms with E-state index < -0.39 is 17.8 Å². The maximum atomic E-state index is 13.3. The topological polar surface area (TPSA) is 76.1 Å². The Morgan fingerprint density at radius 1 is 1.13 bits per heavy atom. The number of ether oxygens (including phenoxy) is 2. The van der Waals surface area contributed by atoms with Crippen molar-refractivity contribution in [1.82, 2.24) is 4.90 Å². The molecule has 2 unspecified atom stereocenters. The van der Waals surface area contributed by atoms with Crippen LogP contribution in [0, 0.1) is 5.92 Å². The lowest BCUT2D eigenvalue weighted by molar-refractivity contribution is -0.137. The molecule has 1 aliphatic rings. The maximum absolute atomic E-state index is 13.3. The summed E-state index contributed by atoms with van der Waals surface area (Å²) in [7, 11) is 1.50. The van der Waals surface area contributed by atoms with Crippen molar-refractivity contribution in [3.8, 4) is 11.5 Å². The molecule has 1 N–H and O–H groups in total. The third-order valence-corrected chi connectivity index (χ3v) is 5.56. The second-order valence-electron chi connectivity index (χ2n) is 7.07. The molecule has 3 rings (SSSR count). The van der Waals surface area contributed by atoms with Gasteiger partial charge in [-0.25, -0.2) is 4.79 Å². The minimum absolute atomic E-state index is 0.105. The summed E-state index contributed by atoms with van der Waals surface area (Å²) in [6.45, 7) is 3.36. The second kappa shape index (κ2) is 9.32. The van der Waals surface area contributed by atoms with E-state index >= 15 is 0 Å². The van der Waals surface area contributed by atoms with Crippen LogP contribution in [0.3, 0.4) is 0 Å². The first-order valence-electron chi connectivity index (χ1n) is 9.62. The van der Waals surface area contributed by atoms with Crippen LogP contribution in [0.5, 0.6) is 11.5 Å². The quantitative estimate of drug-likeness (QED) is 0.558. The van der Waals surface area contributed by atoms with Crippen LogP contribution >= 0.6 is 11.6 Å². The number of hydrogen-bond donors (Lipinski definition) is 1. The number of nitrogens with zero attached hydrogens (tertiary/aromatic N) is 1. The zero-order valence-electron chi connectivity index (χ0n) is 17.1. The van der Waals surface area contributed by atoms with Gasteiger partial charge in [-0.15, -0.1) is 0 Å². The van der Waals surface area contributed by atoms with Gasteiger partial charge in [-0.1, -0.05) is 42.8 Å². The zero-order valence-corrected chi connectivity index (χ0v) is 17.8. The Kier molecular flexibility index (Phi) is 6.80. The second-order valence-corrected chi connectivity index (χ2v) is 7.51. The molecule has 6 nitrogen and oxygen atoms in total. The van der Waals surface area contributed by atoms with Gasteiger partial charge in [0.25, 0.3) is 0 Å². The average Bonchev–Trinajstić information content (AvgIpc) is 2.74. The van der Waals surface area contributed by atoms with Crippen molar-refractivity contribution in [3.63, 3.8) is 0 Å². The van der Waals surface area contributed by atoms with Gasteiger partial charge in [0.05, 0.1) is 19.3 Å². The summed E-state index contributed by atoms with van der Waals surface area (Å²) in [5.74, 6) is -1.04. The highest BCUT2D eigenvalue weighted by molar-refractivity contribution is 6.30. The Bertz CT molecular complexity index is 970. The van der Waals surface area contributed by atoms with E-state index in [1.165, 1.54) is 12.0 Å². The summed E-state index contributed by atoms with van der Waals surface area (Å²) in [5, 5.41) is 9.98. The van der Waals surface area contributed by atoms with Crippen molar-refractivity contribution in [1.29, 1.82) is 0 Å². The molecule has 2 aromatic carbocycles. The minimum atomic E-state index is -0.570. The zero-order chi connectivity index (χ0) is 21.8. The van der Waals surface area contributed by atoms with Gasteiger partial charge in [0.2, 0.25) is 5.91 Å². The fourth-order valence-corrected chi connectivity index (χ4v) is 3.94. The van der Waals surface area contributed by atoms with E-state index in [0.29, 0.717) is 27.8 Å². The molecule has 0 fully saturated rings. The first-order valence-corrected chi connectivity index (χ1v) is 10.0. The van der Waals surface area contributed by atoms with E-state index in [-0.39, 0.29) is 19.1 Å². The molecular weight excluding hydrogens is 406 g/mol. The highest BCUT2D eigenvalue weighted by Gasteiger charge is 2.42. The van der Waals surface area contributed by atoms with Crippen LogP contribution in [0.25, 0.3) is 0 Å². The third kappa shape index (κ3) is 4.20. The lowest BCUT2D eigenvalue weighted by Crippen LogP contribution is -2.45. The van der Waals surface area contributed by atoms with E-state index in [1.807, 2.05) is 12.1 Å². The number of halogens is 1. The number of amides is 1. The van der Waals surface area contributed by atoms with Crippen LogP contribution in [0.15, 0.2) is 59.8 Å². The SMILES string of the molecule is COc1ccccc1OC(=O)C1=C(C)N(CCO)C(=O)C(C)C1c1ccc(Cl)cc1. The first-order chi connectivity index (χ1) is 14.4. The Morgan fingerprint density at radius 2 is 1.77 bits per heavy atom. The first kappa shape index (κ1) is 21.9. The van der Waals surface area contributed by atoms with Crippen molar-refractivity contribution in [3.05, 3.63) is 70.4 Å². The lowest BCUT2D eigenvalue weighted by Gasteiger charge is -2.38. The number of carbonyl (C=O) groups excluding carboxylic acids is 2. The van der Waals surface area contributed by atoms with Gasteiger partial charge in [-0.05, 0) is 36.8 Å². The summed E-state index contributed by atoms with van der Waals surface area (Å²) in [5.41, 5.74) is 1.62. The monoisotopic (exact) mass is 429 g/mol. The van der Waals surface area contributed by atoms with Gasteiger partial charge in [0.15, 0.2) is 11.5 Å². The predicted octanol–water partition coefficient (Wildman–Crippen LogP) is 3.78. The number of aliphatic hydroxyl groups excluding tert-OH is 1. The number of para-hydroxylation sites is 2. The van der Waals surface area contributed by atoms with E-state index in [4.69, 9.17) is 21.1 Å². The molecule has 1 heterocycles. The number of methoxy groups -OCH3 is 1. The molecular formula is C23H24ClNO5. The highest BCUT2D eigenvalue weighted by atomic mass is 35.5. The molecule has 0 saturated heterocycles. The average molecular weight is 430 g/mol. The van der Waals surface area contributed by atoms with Crippen LogP contribution < -0.4 is 9.47 Å². The molecule has 0 aliphatic carbocycles. The number of allylic oxidation sites excluding steroid dienone is 1. The van der Waals surface area contributed by atoms with Gasteiger partial charge in [-0.2, -0.15) is 0 Å². The van der Waals surface area contributed by atoms with Crippen LogP contribution in [0.4, 0.5) is 0 Å².